The van der Waals surface area contributed by atoms with E-state index in [9.17, 15) is 9.90 Å². The lowest BCUT2D eigenvalue weighted by Gasteiger charge is -2.24. The molecule has 1 aliphatic heterocycles. The van der Waals surface area contributed by atoms with Crippen molar-refractivity contribution in [2.75, 3.05) is 24.5 Å². The molecule has 116 valence electrons. The van der Waals surface area contributed by atoms with Gasteiger partial charge in [0.1, 0.15) is 17.1 Å². The lowest BCUT2D eigenvalue weighted by atomic mass is 10.0. The van der Waals surface area contributed by atoms with Crippen molar-refractivity contribution in [3.63, 3.8) is 0 Å². The summed E-state index contributed by atoms with van der Waals surface area (Å²) in [5, 5.41) is 17.3. The van der Waals surface area contributed by atoms with Crippen molar-refractivity contribution in [3.8, 4) is 0 Å². The predicted octanol–water partition coefficient (Wildman–Crippen LogP) is -0.419. The second-order valence-electron chi connectivity index (χ2n) is 5.48. The zero-order valence-corrected chi connectivity index (χ0v) is 12.3. The molecule has 0 aliphatic carbocycles. The quantitative estimate of drug-likeness (QED) is 0.796. The standard InChI is InChI=1S/C14H18N6O2/c1-19-11(2-4-18-19)13(21)17-9-14(22)3-7-20(10-14)12-8-15-5-6-16-12/h2,4-6,8,22H,3,7,9-10H2,1H3,(H,17,21)/t14-/m1/s1. The van der Waals surface area contributed by atoms with Gasteiger partial charge < -0.3 is 15.3 Å². The van der Waals surface area contributed by atoms with Gasteiger partial charge in [0.05, 0.1) is 6.20 Å². The number of anilines is 1. The van der Waals surface area contributed by atoms with Gasteiger partial charge >= 0.3 is 0 Å². The van der Waals surface area contributed by atoms with Crippen molar-refractivity contribution in [1.82, 2.24) is 25.1 Å². The fourth-order valence-electron chi connectivity index (χ4n) is 2.58. The third kappa shape index (κ3) is 2.91. The van der Waals surface area contributed by atoms with Crippen LogP contribution in [0, 0.1) is 0 Å². The van der Waals surface area contributed by atoms with Crippen LogP contribution in [0.2, 0.25) is 0 Å². The van der Waals surface area contributed by atoms with Gasteiger partial charge in [0.2, 0.25) is 0 Å². The molecular weight excluding hydrogens is 284 g/mol. The topological polar surface area (TPSA) is 96.2 Å². The normalized spacial score (nSPS) is 21.1. The van der Waals surface area contributed by atoms with Gasteiger partial charge in [0, 0.05) is 45.3 Å². The van der Waals surface area contributed by atoms with Crippen LogP contribution in [0.3, 0.4) is 0 Å². The van der Waals surface area contributed by atoms with Crippen LogP contribution in [-0.2, 0) is 7.05 Å². The van der Waals surface area contributed by atoms with Crippen molar-refractivity contribution in [2.45, 2.75) is 12.0 Å². The summed E-state index contributed by atoms with van der Waals surface area (Å²) < 4.78 is 1.50. The number of β-amino-alcohol motifs (C(OH)–C–C–N with tert-alkyl or cyclic N) is 1. The highest BCUT2D eigenvalue weighted by atomic mass is 16.3. The van der Waals surface area contributed by atoms with E-state index in [4.69, 9.17) is 0 Å². The molecule has 2 aromatic rings. The summed E-state index contributed by atoms with van der Waals surface area (Å²) >= 11 is 0. The molecule has 0 unspecified atom stereocenters. The van der Waals surface area contributed by atoms with Crippen LogP contribution in [0.4, 0.5) is 5.82 Å². The molecule has 1 fully saturated rings. The molecule has 22 heavy (non-hydrogen) atoms. The third-order valence-electron chi connectivity index (χ3n) is 3.84. The van der Waals surface area contributed by atoms with Crippen molar-refractivity contribution in [1.29, 1.82) is 0 Å². The van der Waals surface area contributed by atoms with Gasteiger partial charge in [-0.3, -0.25) is 14.5 Å². The Balaban J connectivity index is 1.59. The number of hydrogen-bond acceptors (Lipinski definition) is 6. The molecule has 2 N–H and O–H groups in total. The largest absolute Gasteiger partial charge is 0.386 e. The van der Waals surface area contributed by atoms with E-state index in [0.29, 0.717) is 25.2 Å². The Kier molecular flexibility index (Phi) is 3.76. The minimum atomic E-state index is -0.966. The van der Waals surface area contributed by atoms with Crippen LogP contribution < -0.4 is 10.2 Å². The van der Waals surface area contributed by atoms with Gasteiger partial charge in [-0.15, -0.1) is 0 Å². The number of hydrogen-bond donors (Lipinski definition) is 2. The van der Waals surface area contributed by atoms with E-state index < -0.39 is 5.60 Å². The number of rotatable bonds is 4. The molecule has 3 rings (SSSR count). The maximum absolute atomic E-state index is 12.1. The predicted molar refractivity (Wildman–Crippen MR) is 79.4 cm³/mol. The Hall–Kier alpha value is -2.48. The Morgan fingerprint density at radius 1 is 1.45 bits per heavy atom. The summed E-state index contributed by atoms with van der Waals surface area (Å²) in [6.07, 6.45) is 7.03. The maximum Gasteiger partial charge on any atom is 0.269 e. The molecule has 0 spiro atoms. The van der Waals surface area contributed by atoms with Crippen molar-refractivity contribution < 1.29 is 9.90 Å². The second-order valence-corrected chi connectivity index (χ2v) is 5.48. The van der Waals surface area contributed by atoms with Crippen LogP contribution in [-0.4, -0.2) is 56.0 Å². The molecule has 0 aromatic carbocycles. The SMILES string of the molecule is Cn1nccc1C(=O)NC[C@]1(O)CCN(c2cnccn2)C1. The van der Waals surface area contributed by atoms with Crippen molar-refractivity contribution >= 4 is 11.7 Å². The average molecular weight is 302 g/mol. The van der Waals surface area contributed by atoms with Gasteiger partial charge in [-0.2, -0.15) is 5.10 Å². The van der Waals surface area contributed by atoms with Crippen molar-refractivity contribution in [2.24, 2.45) is 7.05 Å². The Morgan fingerprint density at radius 3 is 3.00 bits per heavy atom. The Bertz CT molecular complexity index is 658. The van der Waals surface area contributed by atoms with E-state index in [1.807, 2.05) is 4.90 Å². The first-order chi connectivity index (χ1) is 10.6. The lowest BCUT2D eigenvalue weighted by molar-refractivity contribution is 0.0572. The Morgan fingerprint density at radius 2 is 2.32 bits per heavy atom. The molecule has 1 atom stereocenters. The van der Waals surface area contributed by atoms with E-state index >= 15 is 0 Å². The zero-order valence-electron chi connectivity index (χ0n) is 12.3. The molecule has 2 aromatic heterocycles. The number of nitrogens with one attached hydrogen (secondary N) is 1. The van der Waals surface area contributed by atoms with Gasteiger partial charge in [-0.1, -0.05) is 0 Å². The Labute approximate surface area is 127 Å². The summed E-state index contributed by atoms with van der Waals surface area (Å²) in [6, 6.07) is 1.64. The highest BCUT2D eigenvalue weighted by Gasteiger charge is 2.37. The third-order valence-corrected chi connectivity index (χ3v) is 3.84. The van der Waals surface area contributed by atoms with E-state index in [1.165, 1.54) is 4.68 Å². The van der Waals surface area contributed by atoms with Crippen LogP contribution >= 0.6 is 0 Å². The molecule has 0 bridgehead atoms. The average Bonchev–Trinajstić information content (AvgIpc) is 3.13. The summed E-state index contributed by atoms with van der Waals surface area (Å²) in [6.45, 7) is 1.28. The van der Waals surface area contributed by atoms with Crippen LogP contribution in [0.1, 0.15) is 16.9 Å². The van der Waals surface area contributed by atoms with Crippen LogP contribution in [0.15, 0.2) is 30.9 Å². The second kappa shape index (κ2) is 5.72. The number of aryl methyl sites for hydroxylation is 1. The number of carbonyl (C=O) groups excluding carboxylic acids is 1. The number of carbonyl (C=O) groups is 1. The van der Waals surface area contributed by atoms with E-state index in [2.05, 4.69) is 20.4 Å². The summed E-state index contributed by atoms with van der Waals surface area (Å²) in [7, 11) is 1.70. The minimum Gasteiger partial charge on any atom is -0.386 e. The molecule has 8 nitrogen and oxygen atoms in total. The minimum absolute atomic E-state index is 0.188. The molecule has 1 saturated heterocycles. The maximum atomic E-state index is 12.1. The fraction of sp³-hybridized carbons (Fsp3) is 0.429. The smallest absolute Gasteiger partial charge is 0.269 e. The monoisotopic (exact) mass is 302 g/mol. The van der Waals surface area contributed by atoms with Gasteiger partial charge in [0.25, 0.3) is 5.91 Å². The molecule has 1 amide bonds. The molecule has 0 radical (unpaired) electrons. The summed E-state index contributed by atoms with van der Waals surface area (Å²) in [5.41, 5.74) is -0.501. The van der Waals surface area contributed by atoms with Gasteiger partial charge in [-0.05, 0) is 12.5 Å². The first-order valence-corrected chi connectivity index (χ1v) is 7.07. The highest BCUT2D eigenvalue weighted by molar-refractivity contribution is 5.92. The first-order valence-electron chi connectivity index (χ1n) is 7.07. The molecule has 8 heteroatoms. The van der Waals surface area contributed by atoms with Crippen LogP contribution in [0.25, 0.3) is 0 Å². The lowest BCUT2D eigenvalue weighted by Crippen LogP contribution is -2.45. The zero-order chi connectivity index (χ0) is 15.6. The summed E-state index contributed by atoms with van der Waals surface area (Å²) in [5.74, 6) is 0.489. The van der Waals surface area contributed by atoms with Gasteiger partial charge in [0.15, 0.2) is 0 Å². The van der Waals surface area contributed by atoms with Crippen molar-refractivity contribution in [3.05, 3.63) is 36.5 Å². The van der Waals surface area contributed by atoms with E-state index in [1.54, 1.807) is 37.9 Å². The molecule has 1 aliphatic rings. The first kappa shape index (κ1) is 14.5. The number of amides is 1. The molecule has 3 heterocycles. The van der Waals surface area contributed by atoms with Gasteiger partial charge in [-0.25, -0.2) is 4.98 Å². The molecule has 0 saturated carbocycles. The van der Waals surface area contributed by atoms with Crippen LogP contribution in [0.5, 0.6) is 0 Å². The number of aromatic nitrogens is 4. The number of aliphatic hydroxyl groups is 1. The van der Waals surface area contributed by atoms with E-state index in [0.717, 1.165) is 5.82 Å². The number of nitrogens with zero attached hydrogens (tertiary/aromatic N) is 5. The van der Waals surface area contributed by atoms with E-state index in [-0.39, 0.29) is 12.5 Å². The molecular formula is C14H18N6O2. The highest BCUT2D eigenvalue weighted by Crippen LogP contribution is 2.24. The summed E-state index contributed by atoms with van der Waals surface area (Å²) in [4.78, 5) is 22.3. The fourth-order valence-corrected chi connectivity index (χ4v) is 2.58.